The number of benzene rings is 2. The van der Waals surface area contributed by atoms with E-state index in [4.69, 9.17) is 32.4 Å². The summed E-state index contributed by atoms with van der Waals surface area (Å²) in [5.41, 5.74) is 0.595. The number of halogens is 3. The summed E-state index contributed by atoms with van der Waals surface area (Å²) in [6.07, 6.45) is 2.71. The van der Waals surface area contributed by atoms with E-state index in [1.54, 1.807) is 30.3 Å². The standard InChI is InChI=1S/C20H13Cl2FO3/c1-25-13-5-8-14(17(23)11-13)18(24)9-6-12-7-10-19(26-12)15-3-2-4-16(21)20(15)22/h2-11H,1H3. The minimum absolute atomic E-state index is 0.0493. The molecule has 1 heterocycles. The number of ketones is 1. The molecule has 0 N–H and O–H groups in total. The Bertz CT molecular complexity index is 992. The molecule has 1 aromatic heterocycles. The van der Waals surface area contributed by atoms with Gasteiger partial charge in [0, 0.05) is 11.6 Å². The molecule has 3 rings (SSSR count). The number of methoxy groups -OCH3 is 1. The molecule has 2 aromatic carbocycles. The highest BCUT2D eigenvalue weighted by Gasteiger charge is 2.12. The van der Waals surface area contributed by atoms with Crippen LogP contribution in [0, 0.1) is 5.82 Å². The lowest BCUT2D eigenvalue weighted by Crippen LogP contribution is -1.99. The van der Waals surface area contributed by atoms with Crippen LogP contribution in [0.2, 0.25) is 10.0 Å². The topological polar surface area (TPSA) is 39.4 Å². The second kappa shape index (κ2) is 7.77. The Morgan fingerprint density at radius 3 is 2.69 bits per heavy atom. The summed E-state index contributed by atoms with van der Waals surface area (Å²) < 4.78 is 24.5. The number of carbonyl (C=O) groups excluding carboxylic acids is 1. The van der Waals surface area contributed by atoms with Crippen molar-refractivity contribution in [1.29, 1.82) is 0 Å². The molecule has 0 saturated heterocycles. The maximum atomic E-state index is 13.9. The number of carbonyl (C=O) groups is 1. The normalized spacial score (nSPS) is 11.1. The fraction of sp³-hybridized carbons (Fsp3) is 0.0500. The van der Waals surface area contributed by atoms with Crippen LogP contribution in [-0.2, 0) is 0 Å². The molecule has 0 aliphatic heterocycles. The second-order valence-electron chi connectivity index (χ2n) is 5.35. The third-order valence-corrected chi connectivity index (χ3v) is 4.50. The van der Waals surface area contributed by atoms with Gasteiger partial charge in [-0.05, 0) is 48.6 Å². The van der Waals surface area contributed by atoms with Crippen LogP contribution < -0.4 is 4.74 Å². The van der Waals surface area contributed by atoms with E-state index in [1.807, 2.05) is 0 Å². The molecular formula is C20H13Cl2FO3. The molecule has 3 aromatic rings. The number of ether oxygens (including phenoxy) is 1. The zero-order valence-electron chi connectivity index (χ0n) is 13.6. The summed E-state index contributed by atoms with van der Waals surface area (Å²) in [4.78, 5) is 12.2. The number of rotatable bonds is 5. The predicted octanol–water partition coefficient (Wildman–Crippen LogP) is 6.30. The fourth-order valence-electron chi connectivity index (χ4n) is 2.35. The van der Waals surface area contributed by atoms with Crippen LogP contribution in [0.15, 0.2) is 59.0 Å². The van der Waals surface area contributed by atoms with Crippen LogP contribution in [-0.4, -0.2) is 12.9 Å². The van der Waals surface area contributed by atoms with Crippen molar-refractivity contribution in [3.05, 3.63) is 81.8 Å². The Balaban J connectivity index is 1.80. The molecule has 0 unspecified atom stereocenters. The molecule has 6 heteroatoms. The van der Waals surface area contributed by atoms with Gasteiger partial charge >= 0.3 is 0 Å². The molecule has 3 nitrogen and oxygen atoms in total. The number of allylic oxidation sites excluding steroid dienone is 1. The molecular weight excluding hydrogens is 378 g/mol. The third kappa shape index (κ3) is 3.82. The van der Waals surface area contributed by atoms with Gasteiger partial charge in [-0.2, -0.15) is 0 Å². The molecule has 0 aliphatic rings. The average Bonchev–Trinajstić information content (AvgIpc) is 3.10. The molecule has 0 radical (unpaired) electrons. The second-order valence-corrected chi connectivity index (χ2v) is 6.13. The van der Waals surface area contributed by atoms with Crippen molar-refractivity contribution in [1.82, 2.24) is 0 Å². The van der Waals surface area contributed by atoms with Crippen molar-refractivity contribution >= 4 is 35.1 Å². The molecule has 0 amide bonds. The van der Waals surface area contributed by atoms with Crippen molar-refractivity contribution < 1.29 is 18.3 Å². The van der Waals surface area contributed by atoms with Crippen LogP contribution in [0.4, 0.5) is 4.39 Å². The van der Waals surface area contributed by atoms with Crippen molar-refractivity contribution in [2.45, 2.75) is 0 Å². The Labute approximate surface area is 159 Å². The Kier molecular flexibility index (Phi) is 5.45. The van der Waals surface area contributed by atoms with Gasteiger partial charge < -0.3 is 9.15 Å². The molecule has 132 valence electrons. The van der Waals surface area contributed by atoms with Crippen molar-refractivity contribution in [2.75, 3.05) is 7.11 Å². The predicted molar refractivity (Wildman–Crippen MR) is 100 cm³/mol. The average molecular weight is 391 g/mol. The van der Waals surface area contributed by atoms with Gasteiger partial charge in [-0.3, -0.25) is 4.79 Å². The highest BCUT2D eigenvalue weighted by Crippen LogP contribution is 2.34. The van der Waals surface area contributed by atoms with Crippen LogP contribution >= 0.6 is 23.2 Å². The van der Waals surface area contributed by atoms with Crippen molar-refractivity contribution in [2.24, 2.45) is 0 Å². The number of hydrogen-bond donors (Lipinski definition) is 0. The van der Waals surface area contributed by atoms with Gasteiger partial charge in [0.2, 0.25) is 0 Å². The van der Waals surface area contributed by atoms with Gasteiger partial charge in [-0.15, -0.1) is 0 Å². The molecule has 0 fully saturated rings. The smallest absolute Gasteiger partial charge is 0.188 e. The van der Waals surface area contributed by atoms with Gasteiger partial charge in [-0.1, -0.05) is 29.3 Å². The Hall–Kier alpha value is -2.56. The monoisotopic (exact) mass is 390 g/mol. The van der Waals surface area contributed by atoms with Crippen LogP contribution in [0.5, 0.6) is 5.75 Å². The van der Waals surface area contributed by atoms with E-state index in [2.05, 4.69) is 0 Å². The summed E-state index contributed by atoms with van der Waals surface area (Å²) in [6.45, 7) is 0. The first kappa shape index (κ1) is 18.2. The highest BCUT2D eigenvalue weighted by atomic mass is 35.5. The van der Waals surface area contributed by atoms with Crippen LogP contribution in [0.1, 0.15) is 16.1 Å². The summed E-state index contributed by atoms with van der Waals surface area (Å²) in [5, 5.41) is 0.804. The lowest BCUT2D eigenvalue weighted by atomic mass is 10.1. The van der Waals surface area contributed by atoms with Gasteiger partial charge in [0.25, 0.3) is 0 Å². The summed E-state index contributed by atoms with van der Waals surface area (Å²) in [6, 6.07) is 12.7. The van der Waals surface area contributed by atoms with E-state index in [0.717, 1.165) is 6.07 Å². The zero-order chi connectivity index (χ0) is 18.7. The molecule has 0 spiro atoms. The summed E-state index contributed by atoms with van der Waals surface area (Å²) in [5.74, 6) is 0.157. The Morgan fingerprint density at radius 1 is 1.15 bits per heavy atom. The zero-order valence-corrected chi connectivity index (χ0v) is 15.1. The Morgan fingerprint density at radius 2 is 1.96 bits per heavy atom. The van der Waals surface area contributed by atoms with E-state index in [9.17, 15) is 9.18 Å². The molecule has 0 bridgehead atoms. The van der Waals surface area contributed by atoms with Crippen LogP contribution in [0.3, 0.4) is 0 Å². The van der Waals surface area contributed by atoms with Crippen molar-refractivity contribution in [3.8, 4) is 17.1 Å². The third-order valence-electron chi connectivity index (χ3n) is 3.68. The van der Waals surface area contributed by atoms with E-state index in [1.165, 1.54) is 31.4 Å². The van der Waals surface area contributed by atoms with E-state index < -0.39 is 11.6 Å². The van der Waals surface area contributed by atoms with Gasteiger partial charge in [-0.25, -0.2) is 4.39 Å². The SMILES string of the molecule is COc1ccc(C(=O)C=Cc2ccc(-c3cccc(Cl)c3Cl)o2)c(F)c1. The van der Waals surface area contributed by atoms with E-state index in [-0.39, 0.29) is 5.56 Å². The van der Waals surface area contributed by atoms with Gasteiger partial charge in [0.15, 0.2) is 5.78 Å². The minimum Gasteiger partial charge on any atom is -0.497 e. The summed E-state index contributed by atoms with van der Waals surface area (Å²) in [7, 11) is 1.43. The quantitative estimate of drug-likeness (QED) is 0.379. The molecule has 26 heavy (non-hydrogen) atoms. The van der Waals surface area contributed by atoms with Crippen molar-refractivity contribution in [3.63, 3.8) is 0 Å². The molecule has 0 atom stereocenters. The first-order valence-electron chi connectivity index (χ1n) is 7.60. The highest BCUT2D eigenvalue weighted by molar-refractivity contribution is 6.43. The number of furan rings is 1. The maximum Gasteiger partial charge on any atom is 0.188 e. The first-order chi connectivity index (χ1) is 12.5. The maximum absolute atomic E-state index is 13.9. The lowest BCUT2D eigenvalue weighted by molar-refractivity contribution is 0.104. The number of hydrogen-bond acceptors (Lipinski definition) is 3. The lowest BCUT2D eigenvalue weighted by Gasteiger charge is -2.02. The largest absolute Gasteiger partial charge is 0.497 e. The summed E-state index contributed by atoms with van der Waals surface area (Å²) >= 11 is 12.2. The van der Waals surface area contributed by atoms with Gasteiger partial charge in [0.1, 0.15) is 23.1 Å². The van der Waals surface area contributed by atoms with Gasteiger partial charge in [0.05, 0.1) is 22.7 Å². The van der Waals surface area contributed by atoms with E-state index in [0.29, 0.717) is 32.9 Å². The van der Waals surface area contributed by atoms with Crippen LogP contribution in [0.25, 0.3) is 17.4 Å². The first-order valence-corrected chi connectivity index (χ1v) is 8.35. The molecule has 0 saturated carbocycles. The van der Waals surface area contributed by atoms with E-state index >= 15 is 0 Å². The molecule has 0 aliphatic carbocycles. The fourth-order valence-corrected chi connectivity index (χ4v) is 2.75. The minimum atomic E-state index is -0.648.